The standard InChI is InChI=1S/C25H29NO3/c1-4-21-16(2)14-25(28)23(17(3)29-24(25)27)22(21)13-12-20-11-10-19(15-26-20)18-8-6-5-7-9-18/h5-13,15-17,21-23,28H,4,14H2,1-3H3/b13-12+/t16?,17-,21?,22?,23?,25?/m1/s1. The van der Waals surface area contributed by atoms with Gasteiger partial charge in [-0.2, -0.15) is 0 Å². The van der Waals surface area contributed by atoms with Crippen molar-refractivity contribution in [1.82, 2.24) is 4.98 Å². The molecule has 1 aliphatic carbocycles. The summed E-state index contributed by atoms with van der Waals surface area (Å²) in [6.45, 7) is 6.21. The largest absolute Gasteiger partial charge is 0.460 e. The molecule has 4 rings (SSSR count). The Kier molecular flexibility index (Phi) is 5.30. The van der Waals surface area contributed by atoms with Gasteiger partial charge in [-0.1, -0.05) is 62.7 Å². The molecule has 1 N–H and O–H groups in total. The molecule has 29 heavy (non-hydrogen) atoms. The normalized spacial score (nSPS) is 34.2. The SMILES string of the molecule is CCC1C(C)CC2(O)C(=O)O[C@H](C)C2C1/C=C/c1ccc(-c2ccccc2)cn1. The summed E-state index contributed by atoms with van der Waals surface area (Å²) in [5.74, 6) is 0.0566. The number of nitrogens with zero attached hydrogens (tertiary/aromatic N) is 1. The average molecular weight is 392 g/mol. The molecule has 1 aliphatic heterocycles. The van der Waals surface area contributed by atoms with Crippen LogP contribution in [0, 0.1) is 23.7 Å². The van der Waals surface area contributed by atoms with Crippen molar-refractivity contribution in [2.45, 2.75) is 45.3 Å². The molecule has 6 atom stereocenters. The molecule has 1 aromatic heterocycles. The summed E-state index contributed by atoms with van der Waals surface area (Å²) in [5, 5.41) is 11.1. The van der Waals surface area contributed by atoms with E-state index in [0.29, 0.717) is 12.3 Å². The zero-order valence-electron chi connectivity index (χ0n) is 17.3. The number of pyridine rings is 1. The summed E-state index contributed by atoms with van der Waals surface area (Å²) in [6.07, 6.45) is 7.25. The second-order valence-corrected chi connectivity index (χ2v) is 8.59. The molecule has 2 fully saturated rings. The van der Waals surface area contributed by atoms with Gasteiger partial charge in [0, 0.05) is 17.7 Å². The highest BCUT2D eigenvalue weighted by Gasteiger charge is 2.62. The van der Waals surface area contributed by atoms with E-state index in [1.54, 1.807) is 0 Å². The predicted octanol–water partition coefficient (Wildman–Crippen LogP) is 4.74. The van der Waals surface area contributed by atoms with E-state index in [2.05, 4.69) is 43.1 Å². The third-order valence-electron chi connectivity index (χ3n) is 6.83. The summed E-state index contributed by atoms with van der Waals surface area (Å²) >= 11 is 0. The van der Waals surface area contributed by atoms with E-state index in [9.17, 15) is 9.90 Å². The van der Waals surface area contributed by atoms with Gasteiger partial charge in [-0.15, -0.1) is 0 Å². The highest BCUT2D eigenvalue weighted by Crippen LogP contribution is 2.52. The average Bonchev–Trinajstić information content (AvgIpc) is 2.95. The van der Waals surface area contributed by atoms with Crippen molar-refractivity contribution in [2.75, 3.05) is 0 Å². The molecule has 5 unspecified atom stereocenters. The second-order valence-electron chi connectivity index (χ2n) is 8.59. The highest BCUT2D eigenvalue weighted by molar-refractivity contribution is 5.82. The molecule has 0 bridgehead atoms. The molecular weight excluding hydrogens is 362 g/mol. The zero-order chi connectivity index (χ0) is 20.6. The lowest BCUT2D eigenvalue weighted by molar-refractivity contribution is -0.160. The van der Waals surface area contributed by atoms with E-state index < -0.39 is 11.6 Å². The Morgan fingerprint density at radius 3 is 2.59 bits per heavy atom. The summed E-state index contributed by atoms with van der Waals surface area (Å²) < 4.78 is 5.46. The van der Waals surface area contributed by atoms with Gasteiger partial charge in [-0.25, -0.2) is 4.79 Å². The number of esters is 1. The molecule has 0 radical (unpaired) electrons. The highest BCUT2D eigenvalue weighted by atomic mass is 16.6. The number of allylic oxidation sites excluding steroid dienone is 1. The minimum Gasteiger partial charge on any atom is -0.460 e. The number of cyclic esters (lactones) is 1. The topological polar surface area (TPSA) is 59.4 Å². The molecule has 4 nitrogen and oxygen atoms in total. The summed E-state index contributed by atoms with van der Waals surface area (Å²) in [5.41, 5.74) is 1.73. The second kappa shape index (κ2) is 7.75. The Labute approximate surface area is 172 Å². The van der Waals surface area contributed by atoms with Crippen LogP contribution in [0.4, 0.5) is 0 Å². The van der Waals surface area contributed by atoms with Crippen molar-refractivity contribution in [3.8, 4) is 11.1 Å². The van der Waals surface area contributed by atoms with Gasteiger partial charge in [0.1, 0.15) is 6.10 Å². The molecule has 2 aromatic rings. The number of rotatable bonds is 4. The molecule has 1 saturated carbocycles. The van der Waals surface area contributed by atoms with Gasteiger partial charge in [0.05, 0.1) is 5.69 Å². The molecule has 2 heterocycles. The van der Waals surface area contributed by atoms with Crippen molar-refractivity contribution >= 4 is 12.0 Å². The van der Waals surface area contributed by atoms with Gasteiger partial charge >= 0.3 is 5.97 Å². The lowest BCUT2D eigenvalue weighted by Crippen LogP contribution is -2.53. The number of carbonyl (C=O) groups is 1. The lowest BCUT2D eigenvalue weighted by atomic mass is 9.59. The van der Waals surface area contributed by atoms with Crippen LogP contribution >= 0.6 is 0 Å². The van der Waals surface area contributed by atoms with Crippen LogP contribution in [0.1, 0.15) is 39.3 Å². The minimum atomic E-state index is -1.37. The fourth-order valence-electron chi connectivity index (χ4n) is 5.46. The van der Waals surface area contributed by atoms with Gasteiger partial charge in [-0.3, -0.25) is 4.98 Å². The van der Waals surface area contributed by atoms with E-state index in [-0.39, 0.29) is 23.9 Å². The van der Waals surface area contributed by atoms with E-state index in [1.807, 2.05) is 43.5 Å². The fraction of sp³-hybridized carbons (Fsp3) is 0.440. The predicted molar refractivity (Wildman–Crippen MR) is 114 cm³/mol. The van der Waals surface area contributed by atoms with Crippen LogP contribution in [0.3, 0.4) is 0 Å². The van der Waals surface area contributed by atoms with Crippen LogP contribution in [0.25, 0.3) is 17.2 Å². The first-order chi connectivity index (χ1) is 13.9. The van der Waals surface area contributed by atoms with E-state index in [4.69, 9.17) is 4.74 Å². The number of hydrogen-bond acceptors (Lipinski definition) is 4. The molecule has 0 amide bonds. The fourth-order valence-corrected chi connectivity index (χ4v) is 5.46. The van der Waals surface area contributed by atoms with Crippen LogP contribution in [0.5, 0.6) is 0 Å². The van der Waals surface area contributed by atoms with Gasteiger partial charge in [0.15, 0.2) is 5.60 Å². The zero-order valence-corrected chi connectivity index (χ0v) is 17.3. The quantitative estimate of drug-likeness (QED) is 0.765. The minimum absolute atomic E-state index is 0.0748. The van der Waals surface area contributed by atoms with E-state index in [1.165, 1.54) is 0 Å². The smallest absolute Gasteiger partial charge is 0.338 e. The number of carbonyl (C=O) groups excluding carboxylic acids is 1. The molecule has 2 aliphatic rings. The summed E-state index contributed by atoms with van der Waals surface area (Å²) in [4.78, 5) is 17.0. The van der Waals surface area contributed by atoms with Crippen LogP contribution in [0.15, 0.2) is 54.7 Å². The number of aromatic nitrogens is 1. The summed E-state index contributed by atoms with van der Waals surface area (Å²) in [7, 11) is 0. The van der Waals surface area contributed by atoms with Gasteiger partial charge < -0.3 is 9.84 Å². The molecule has 0 spiro atoms. The number of aliphatic hydroxyl groups is 1. The lowest BCUT2D eigenvalue weighted by Gasteiger charge is -2.45. The van der Waals surface area contributed by atoms with Crippen molar-refractivity contribution < 1.29 is 14.6 Å². The van der Waals surface area contributed by atoms with Crippen LogP contribution in [-0.2, 0) is 9.53 Å². The van der Waals surface area contributed by atoms with Gasteiger partial charge in [0.25, 0.3) is 0 Å². The number of benzene rings is 1. The Bertz CT molecular complexity index is 892. The maximum atomic E-state index is 12.4. The molecule has 1 saturated heterocycles. The first-order valence-electron chi connectivity index (χ1n) is 10.6. The van der Waals surface area contributed by atoms with E-state index >= 15 is 0 Å². The Morgan fingerprint density at radius 2 is 1.93 bits per heavy atom. The van der Waals surface area contributed by atoms with Crippen molar-refractivity contribution in [1.29, 1.82) is 0 Å². The third-order valence-corrected chi connectivity index (χ3v) is 6.83. The molecule has 1 aromatic carbocycles. The Hall–Kier alpha value is -2.46. The van der Waals surface area contributed by atoms with Crippen LogP contribution in [-0.4, -0.2) is 27.8 Å². The maximum absolute atomic E-state index is 12.4. The number of hydrogen-bond donors (Lipinski definition) is 1. The Morgan fingerprint density at radius 1 is 1.17 bits per heavy atom. The van der Waals surface area contributed by atoms with Gasteiger partial charge in [0.2, 0.25) is 0 Å². The maximum Gasteiger partial charge on any atom is 0.338 e. The molecule has 152 valence electrons. The van der Waals surface area contributed by atoms with Crippen LogP contribution < -0.4 is 0 Å². The van der Waals surface area contributed by atoms with Crippen molar-refractivity contribution in [3.63, 3.8) is 0 Å². The summed E-state index contributed by atoms with van der Waals surface area (Å²) in [6, 6.07) is 14.3. The monoisotopic (exact) mass is 391 g/mol. The number of fused-ring (bicyclic) bond motifs is 1. The molecule has 4 heteroatoms. The first kappa shape index (κ1) is 19.8. The van der Waals surface area contributed by atoms with Crippen LogP contribution in [0.2, 0.25) is 0 Å². The van der Waals surface area contributed by atoms with Crippen molar-refractivity contribution in [3.05, 3.63) is 60.4 Å². The van der Waals surface area contributed by atoms with Gasteiger partial charge in [-0.05, 0) is 48.8 Å². The molecular formula is C25H29NO3. The third kappa shape index (κ3) is 3.51. The van der Waals surface area contributed by atoms with Crippen molar-refractivity contribution in [2.24, 2.45) is 23.7 Å². The van der Waals surface area contributed by atoms with E-state index in [0.717, 1.165) is 23.2 Å². The number of ether oxygens (including phenoxy) is 1. The first-order valence-corrected chi connectivity index (χ1v) is 10.6. The Balaban J connectivity index is 1.60.